The summed E-state index contributed by atoms with van der Waals surface area (Å²) in [6, 6.07) is 2.89. The molecule has 0 spiro atoms. The first-order valence-corrected chi connectivity index (χ1v) is 5.46. The van der Waals surface area contributed by atoms with Crippen LogP contribution in [0.4, 0.5) is 4.39 Å². The number of rotatable bonds is 5. The summed E-state index contributed by atoms with van der Waals surface area (Å²) in [6.45, 7) is 0.956. The van der Waals surface area contributed by atoms with Crippen molar-refractivity contribution in [1.82, 2.24) is 5.32 Å². The number of hydrogen-bond donors (Lipinski definition) is 4. The minimum absolute atomic E-state index is 0.206. The molecule has 6 nitrogen and oxygen atoms in total. The van der Waals surface area contributed by atoms with E-state index in [1.807, 2.05) is 0 Å². The van der Waals surface area contributed by atoms with Gasteiger partial charge in [-0.15, -0.1) is 0 Å². The molecule has 0 saturated heterocycles. The van der Waals surface area contributed by atoms with Crippen molar-refractivity contribution in [3.05, 3.63) is 35.1 Å². The minimum atomic E-state index is -1.63. The van der Waals surface area contributed by atoms with Crippen LogP contribution in [0.15, 0.2) is 18.2 Å². The van der Waals surface area contributed by atoms with E-state index in [0.717, 1.165) is 18.2 Å². The van der Waals surface area contributed by atoms with Gasteiger partial charge in [-0.05, 0) is 18.2 Å². The van der Waals surface area contributed by atoms with Crippen LogP contribution in [0.2, 0.25) is 0 Å². The summed E-state index contributed by atoms with van der Waals surface area (Å²) in [6.07, 6.45) is -3.08. The van der Waals surface area contributed by atoms with E-state index in [1.54, 1.807) is 0 Å². The Hall–Kier alpha value is -1.99. The largest absolute Gasteiger partial charge is 0.478 e. The zero-order valence-electron chi connectivity index (χ0n) is 10.1. The van der Waals surface area contributed by atoms with Gasteiger partial charge in [0, 0.05) is 19.0 Å². The van der Waals surface area contributed by atoms with Crippen LogP contribution in [0.25, 0.3) is 0 Å². The monoisotopic (exact) mass is 271 g/mol. The number of aliphatic hydroxyl groups is 2. The second-order valence-electron chi connectivity index (χ2n) is 3.99. The third-order valence-corrected chi connectivity index (χ3v) is 2.49. The first kappa shape index (κ1) is 15.1. The molecule has 0 fully saturated rings. The van der Waals surface area contributed by atoms with Gasteiger partial charge in [-0.3, -0.25) is 4.79 Å². The Kier molecular flexibility index (Phi) is 4.96. The van der Waals surface area contributed by atoms with Crippen molar-refractivity contribution in [2.24, 2.45) is 0 Å². The average molecular weight is 271 g/mol. The highest BCUT2D eigenvalue weighted by Gasteiger charge is 2.23. The van der Waals surface area contributed by atoms with Crippen molar-refractivity contribution < 1.29 is 29.3 Å². The smallest absolute Gasteiger partial charge is 0.335 e. The molecule has 0 aliphatic rings. The molecule has 4 N–H and O–H groups in total. The minimum Gasteiger partial charge on any atom is -0.478 e. The van der Waals surface area contributed by atoms with Crippen LogP contribution < -0.4 is 5.32 Å². The highest BCUT2D eigenvalue weighted by molar-refractivity contribution is 5.87. The van der Waals surface area contributed by atoms with Crippen LogP contribution in [0.5, 0.6) is 0 Å². The third-order valence-electron chi connectivity index (χ3n) is 2.49. The van der Waals surface area contributed by atoms with E-state index in [9.17, 15) is 24.2 Å². The maximum absolute atomic E-state index is 13.5. The average Bonchev–Trinajstić information content (AvgIpc) is 2.35. The van der Waals surface area contributed by atoms with Gasteiger partial charge in [-0.2, -0.15) is 0 Å². The van der Waals surface area contributed by atoms with E-state index in [-0.39, 0.29) is 17.7 Å². The number of aromatic carboxylic acids is 1. The Balaban J connectivity index is 2.91. The number of carboxylic acids is 1. The molecule has 1 aromatic carbocycles. The molecular weight excluding hydrogens is 257 g/mol. The third kappa shape index (κ3) is 4.01. The second kappa shape index (κ2) is 6.26. The number of benzene rings is 1. The van der Waals surface area contributed by atoms with Crippen molar-refractivity contribution in [2.75, 3.05) is 6.54 Å². The van der Waals surface area contributed by atoms with Gasteiger partial charge in [-0.1, -0.05) is 0 Å². The first-order valence-electron chi connectivity index (χ1n) is 5.46. The summed E-state index contributed by atoms with van der Waals surface area (Å²) in [5.74, 6) is -2.52. The molecule has 2 atom stereocenters. The van der Waals surface area contributed by atoms with E-state index < -0.39 is 29.9 Å². The number of aliphatic hydroxyl groups excluding tert-OH is 2. The fourth-order valence-corrected chi connectivity index (χ4v) is 1.47. The fraction of sp³-hybridized carbons (Fsp3) is 0.333. The van der Waals surface area contributed by atoms with Crippen molar-refractivity contribution >= 4 is 11.9 Å². The highest BCUT2D eigenvalue weighted by Crippen LogP contribution is 2.21. The Morgan fingerprint density at radius 3 is 2.53 bits per heavy atom. The molecule has 0 radical (unpaired) electrons. The lowest BCUT2D eigenvalue weighted by atomic mass is 10.0. The van der Waals surface area contributed by atoms with Gasteiger partial charge < -0.3 is 20.6 Å². The van der Waals surface area contributed by atoms with Gasteiger partial charge >= 0.3 is 5.97 Å². The van der Waals surface area contributed by atoms with Gasteiger partial charge in [0.15, 0.2) is 0 Å². The summed E-state index contributed by atoms with van der Waals surface area (Å²) < 4.78 is 13.5. The molecule has 1 aromatic rings. The van der Waals surface area contributed by atoms with Gasteiger partial charge in [0.1, 0.15) is 18.0 Å². The highest BCUT2D eigenvalue weighted by atomic mass is 19.1. The van der Waals surface area contributed by atoms with Crippen LogP contribution in [0.1, 0.15) is 28.9 Å². The molecule has 0 aliphatic carbocycles. The van der Waals surface area contributed by atoms with Crippen molar-refractivity contribution in [1.29, 1.82) is 0 Å². The Bertz CT molecular complexity index is 491. The fourth-order valence-electron chi connectivity index (χ4n) is 1.47. The maximum Gasteiger partial charge on any atom is 0.335 e. The zero-order valence-corrected chi connectivity index (χ0v) is 10.1. The standard InChI is InChI=1S/C12H14FNO5/c1-6(15)14-5-10(16)11(17)8-4-7(12(18)19)2-3-9(8)13/h2-4,10-11,16-17H,5H2,1H3,(H,14,15)(H,18,19). The van der Waals surface area contributed by atoms with E-state index in [4.69, 9.17) is 5.11 Å². The van der Waals surface area contributed by atoms with Gasteiger partial charge in [0.2, 0.25) is 5.91 Å². The SMILES string of the molecule is CC(=O)NCC(O)C(O)c1cc(C(=O)O)ccc1F. The molecule has 7 heteroatoms. The summed E-state index contributed by atoms with van der Waals surface area (Å²) >= 11 is 0. The topological polar surface area (TPSA) is 107 Å². The van der Waals surface area contributed by atoms with Crippen LogP contribution in [-0.4, -0.2) is 39.8 Å². The number of amides is 1. The lowest BCUT2D eigenvalue weighted by molar-refractivity contribution is -0.119. The van der Waals surface area contributed by atoms with E-state index in [2.05, 4.69) is 5.32 Å². The normalized spacial score (nSPS) is 13.7. The van der Waals surface area contributed by atoms with E-state index in [0.29, 0.717) is 0 Å². The number of carboxylic acid groups (broad SMARTS) is 1. The predicted octanol–water partition coefficient (Wildman–Crippen LogP) is 0.0543. The molecule has 104 valence electrons. The molecule has 2 unspecified atom stereocenters. The molecule has 19 heavy (non-hydrogen) atoms. The molecule has 0 heterocycles. The predicted molar refractivity (Wildman–Crippen MR) is 63.0 cm³/mol. The van der Waals surface area contributed by atoms with E-state index in [1.165, 1.54) is 6.92 Å². The van der Waals surface area contributed by atoms with Crippen LogP contribution in [-0.2, 0) is 4.79 Å². The number of nitrogens with one attached hydrogen (secondary N) is 1. The van der Waals surface area contributed by atoms with Crippen LogP contribution >= 0.6 is 0 Å². The summed E-state index contributed by atoms with van der Waals surface area (Å²) in [7, 11) is 0. The van der Waals surface area contributed by atoms with Crippen LogP contribution in [0.3, 0.4) is 0 Å². The Morgan fingerprint density at radius 2 is 2.00 bits per heavy atom. The summed E-state index contributed by atoms with van der Waals surface area (Å²) in [4.78, 5) is 21.4. The molecule has 0 aliphatic heterocycles. The number of hydrogen-bond acceptors (Lipinski definition) is 4. The van der Waals surface area contributed by atoms with Crippen molar-refractivity contribution in [3.63, 3.8) is 0 Å². The number of halogens is 1. The Morgan fingerprint density at radius 1 is 1.37 bits per heavy atom. The van der Waals surface area contributed by atoms with Crippen molar-refractivity contribution in [3.8, 4) is 0 Å². The lowest BCUT2D eigenvalue weighted by Gasteiger charge is -2.19. The summed E-state index contributed by atoms with van der Waals surface area (Å²) in [5, 5.41) is 30.4. The van der Waals surface area contributed by atoms with Crippen molar-refractivity contribution in [2.45, 2.75) is 19.1 Å². The van der Waals surface area contributed by atoms with Crippen LogP contribution in [0, 0.1) is 5.82 Å². The molecule has 0 aromatic heterocycles. The molecular formula is C12H14FNO5. The zero-order chi connectivity index (χ0) is 14.6. The van der Waals surface area contributed by atoms with Gasteiger partial charge in [-0.25, -0.2) is 9.18 Å². The maximum atomic E-state index is 13.5. The lowest BCUT2D eigenvalue weighted by Crippen LogP contribution is -2.34. The number of carbonyl (C=O) groups is 2. The molecule has 0 bridgehead atoms. The first-order chi connectivity index (χ1) is 8.82. The number of carbonyl (C=O) groups excluding carboxylic acids is 1. The Labute approximate surface area is 108 Å². The summed E-state index contributed by atoms with van der Waals surface area (Å²) in [5.41, 5.74) is -0.542. The molecule has 1 rings (SSSR count). The van der Waals surface area contributed by atoms with Gasteiger partial charge in [0.05, 0.1) is 5.56 Å². The quantitative estimate of drug-likeness (QED) is 0.605. The molecule has 1 amide bonds. The van der Waals surface area contributed by atoms with E-state index >= 15 is 0 Å². The molecule has 0 saturated carbocycles. The van der Waals surface area contributed by atoms with Gasteiger partial charge in [0.25, 0.3) is 0 Å². The second-order valence-corrected chi connectivity index (χ2v) is 3.99.